The monoisotopic (exact) mass is 351 g/mol. The highest BCUT2D eigenvalue weighted by Gasteiger charge is 2.23. The molecule has 0 heterocycles. The molecule has 0 amide bonds. The highest BCUT2D eigenvalue weighted by Crippen LogP contribution is 2.34. The number of benzene rings is 3. The van der Waals surface area contributed by atoms with E-state index in [1.54, 1.807) is 13.2 Å². The molecule has 3 aromatic carbocycles. The van der Waals surface area contributed by atoms with Gasteiger partial charge >= 0.3 is 0 Å². The Morgan fingerprint density at radius 3 is 2.20 bits per heavy atom. The van der Waals surface area contributed by atoms with Crippen LogP contribution in [0.3, 0.4) is 0 Å². The van der Waals surface area contributed by atoms with E-state index in [-0.39, 0.29) is 5.78 Å². The van der Waals surface area contributed by atoms with E-state index in [0.29, 0.717) is 22.0 Å². The second-order valence-corrected chi connectivity index (χ2v) is 5.92. The van der Waals surface area contributed by atoms with Gasteiger partial charge in [0.25, 0.3) is 0 Å². The summed E-state index contributed by atoms with van der Waals surface area (Å²) in [5.41, 5.74) is 2.16. The molecule has 1 atom stereocenters. The number of carbonyl (C=O) groups is 1. The van der Waals surface area contributed by atoms with Crippen molar-refractivity contribution in [1.82, 2.24) is 0 Å². The zero-order valence-corrected chi connectivity index (χ0v) is 14.5. The summed E-state index contributed by atoms with van der Waals surface area (Å²) in [7, 11) is 1.56. The average molecular weight is 352 g/mol. The molecule has 0 radical (unpaired) electrons. The highest BCUT2D eigenvalue weighted by atomic mass is 35.5. The van der Waals surface area contributed by atoms with E-state index in [9.17, 15) is 4.79 Å². The summed E-state index contributed by atoms with van der Waals surface area (Å²) in [5, 5.41) is 3.73. The zero-order valence-electron chi connectivity index (χ0n) is 13.8. The predicted molar refractivity (Wildman–Crippen MR) is 102 cm³/mol. The summed E-state index contributed by atoms with van der Waals surface area (Å²) >= 11 is 6.39. The summed E-state index contributed by atoms with van der Waals surface area (Å²) in [6.45, 7) is 0. The van der Waals surface area contributed by atoms with Crippen LogP contribution >= 0.6 is 11.6 Å². The van der Waals surface area contributed by atoms with Crippen molar-refractivity contribution < 1.29 is 9.53 Å². The lowest BCUT2D eigenvalue weighted by atomic mass is 9.97. The molecule has 4 heteroatoms. The second kappa shape index (κ2) is 7.86. The third-order valence-electron chi connectivity index (χ3n) is 3.94. The van der Waals surface area contributed by atoms with Gasteiger partial charge in [0, 0.05) is 5.56 Å². The number of ketones is 1. The Balaban J connectivity index is 1.99. The fourth-order valence-corrected chi connectivity index (χ4v) is 2.91. The van der Waals surface area contributed by atoms with E-state index in [1.165, 1.54) is 0 Å². The van der Waals surface area contributed by atoms with Crippen LogP contribution in [0.1, 0.15) is 22.0 Å². The van der Waals surface area contributed by atoms with Gasteiger partial charge in [-0.15, -0.1) is 0 Å². The van der Waals surface area contributed by atoms with Crippen LogP contribution in [0.25, 0.3) is 0 Å². The van der Waals surface area contributed by atoms with Crippen LogP contribution in [0.2, 0.25) is 5.02 Å². The summed E-state index contributed by atoms with van der Waals surface area (Å²) in [6.07, 6.45) is 0. The van der Waals surface area contributed by atoms with Crippen molar-refractivity contribution in [3.63, 3.8) is 0 Å². The van der Waals surface area contributed by atoms with E-state index in [0.717, 1.165) is 5.56 Å². The van der Waals surface area contributed by atoms with Gasteiger partial charge < -0.3 is 10.1 Å². The first-order chi connectivity index (χ1) is 12.2. The number of nitrogens with one attached hydrogen (secondary N) is 1. The Labute approximate surface area is 152 Å². The van der Waals surface area contributed by atoms with Crippen LogP contribution in [-0.4, -0.2) is 12.9 Å². The number of Topliss-reactive ketones (excluding diaryl/α,β-unsaturated/α-hetero) is 1. The Kier molecular flexibility index (Phi) is 5.36. The van der Waals surface area contributed by atoms with Gasteiger partial charge in [-0.2, -0.15) is 0 Å². The minimum Gasteiger partial charge on any atom is -0.495 e. The molecule has 0 aliphatic heterocycles. The molecule has 0 saturated heterocycles. The summed E-state index contributed by atoms with van der Waals surface area (Å²) < 4.78 is 5.26. The molecule has 3 aromatic rings. The van der Waals surface area contributed by atoms with Crippen LogP contribution in [0, 0.1) is 0 Å². The largest absolute Gasteiger partial charge is 0.495 e. The smallest absolute Gasteiger partial charge is 0.189 e. The first-order valence-corrected chi connectivity index (χ1v) is 8.31. The first kappa shape index (κ1) is 17.1. The maximum Gasteiger partial charge on any atom is 0.189 e. The number of carbonyl (C=O) groups excluding carboxylic acids is 1. The topological polar surface area (TPSA) is 38.3 Å². The van der Waals surface area contributed by atoms with Gasteiger partial charge in [-0.1, -0.05) is 78.3 Å². The van der Waals surface area contributed by atoms with Gasteiger partial charge in [0.2, 0.25) is 0 Å². The normalized spacial score (nSPS) is 11.6. The van der Waals surface area contributed by atoms with Crippen LogP contribution in [0.5, 0.6) is 5.75 Å². The molecule has 0 spiro atoms. The molecule has 0 aromatic heterocycles. The van der Waals surface area contributed by atoms with Crippen LogP contribution in [-0.2, 0) is 0 Å². The first-order valence-electron chi connectivity index (χ1n) is 7.94. The van der Waals surface area contributed by atoms with Crippen LogP contribution in [0.15, 0.2) is 78.9 Å². The fourth-order valence-electron chi connectivity index (χ4n) is 2.65. The van der Waals surface area contributed by atoms with E-state index in [2.05, 4.69) is 5.32 Å². The zero-order chi connectivity index (χ0) is 17.6. The van der Waals surface area contributed by atoms with Crippen molar-refractivity contribution >= 4 is 23.1 Å². The number of rotatable bonds is 6. The van der Waals surface area contributed by atoms with E-state index < -0.39 is 6.04 Å². The maximum atomic E-state index is 13.1. The molecule has 1 N–H and O–H groups in total. The van der Waals surface area contributed by atoms with Gasteiger partial charge in [-0.25, -0.2) is 0 Å². The maximum absolute atomic E-state index is 13.1. The lowest BCUT2D eigenvalue weighted by molar-refractivity contribution is 0.0969. The Morgan fingerprint density at radius 1 is 0.920 bits per heavy atom. The molecule has 0 fully saturated rings. The third kappa shape index (κ3) is 3.83. The molecule has 3 rings (SSSR count). The van der Waals surface area contributed by atoms with Crippen molar-refractivity contribution in [2.45, 2.75) is 6.04 Å². The SMILES string of the molecule is COc1cccc(N[C@H](C(=O)c2ccccc2)c2ccccc2)c1Cl. The fraction of sp³-hybridized carbons (Fsp3) is 0.0952. The second-order valence-electron chi connectivity index (χ2n) is 5.54. The van der Waals surface area contributed by atoms with Gasteiger partial charge in [-0.05, 0) is 17.7 Å². The number of ether oxygens (including phenoxy) is 1. The molecule has 3 nitrogen and oxygen atoms in total. The van der Waals surface area contributed by atoms with Crippen molar-refractivity contribution in [1.29, 1.82) is 0 Å². The van der Waals surface area contributed by atoms with E-state index >= 15 is 0 Å². The molecule has 126 valence electrons. The number of methoxy groups -OCH3 is 1. The van der Waals surface area contributed by atoms with Crippen LogP contribution < -0.4 is 10.1 Å². The minimum atomic E-state index is -0.548. The average Bonchev–Trinajstić information content (AvgIpc) is 2.68. The molecule has 0 unspecified atom stereocenters. The van der Waals surface area contributed by atoms with Gasteiger partial charge in [-0.3, -0.25) is 4.79 Å². The quantitative estimate of drug-likeness (QED) is 0.605. The molecule has 0 aliphatic rings. The lowest BCUT2D eigenvalue weighted by Crippen LogP contribution is -2.21. The standard InChI is InChI=1S/C21H18ClNO2/c1-25-18-14-8-13-17(19(18)22)23-20(15-9-4-2-5-10-15)21(24)16-11-6-3-7-12-16/h2-14,20,23H,1H3/t20-/m0/s1. The number of halogens is 1. The van der Waals surface area contributed by atoms with E-state index in [1.807, 2.05) is 72.8 Å². The summed E-state index contributed by atoms with van der Waals surface area (Å²) in [5.74, 6) is 0.538. The minimum absolute atomic E-state index is 0.0225. The van der Waals surface area contributed by atoms with Crippen molar-refractivity contribution in [3.8, 4) is 5.75 Å². The number of hydrogen-bond donors (Lipinski definition) is 1. The van der Waals surface area contributed by atoms with Gasteiger partial charge in [0.1, 0.15) is 16.8 Å². The molecule has 0 saturated carbocycles. The van der Waals surface area contributed by atoms with Gasteiger partial charge in [0.05, 0.1) is 12.8 Å². The number of hydrogen-bond acceptors (Lipinski definition) is 3. The Hall–Kier alpha value is -2.78. The Morgan fingerprint density at radius 2 is 1.56 bits per heavy atom. The molecular formula is C21H18ClNO2. The summed E-state index contributed by atoms with van der Waals surface area (Å²) in [4.78, 5) is 13.1. The Bertz CT molecular complexity index is 850. The third-order valence-corrected chi connectivity index (χ3v) is 4.33. The van der Waals surface area contributed by atoms with E-state index in [4.69, 9.17) is 16.3 Å². The molecular weight excluding hydrogens is 334 g/mol. The molecule has 25 heavy (non-hydrogen) atoms. The van der Waals surface area contributed by atoms with Crippen molar-refractivity contribution in [3.05, 3.63) is 95.0 Å². The van der Waals surface area contributed by atoms with Gasteiger partial charge in [0.15, 0.2) is 5.78 Å². The van der Waals surface area contributed by atoms with Crippen molar-refractivity contribution in [2.24, 2.45) is 0 Å². The number of anilines is 1. The van der Waals surface area contributed by atoms with Crippen LogP contribution in [0.4, 0.5) is 5.69 Å². The predicted octanol–water partition coefficient (Wildman–Crippen LogP) is 5.38. The lowest BCUT2D eigenvalue weighted by Gasteiger charge is -2.21. The molecule has 0 aliphatic carbocycles. The molecule has 0 bridgehead atoms. The van der Waals surface area contributed by atoms with Crippen molar-refractivity contribution in [2.75, 3.05) is 12.4 Å². The summed E-state index contributed by atoms with van der Waals surface area (Å²) in [6, 6.07) is 23.7. The highest BCUT2D eigenvalue weighted by molar-refractivity contribution is 6.34.